The van der Waals surface area contributed by atoms with Gasteiger partial charge >= 0.3 is 5.97 Å². The average molecular weight is 443 g/mol. The smallest absolute Gasteiger partial charge is 0.306 e. The van der Waals surface area contributed by atoms with E-state index in [-0.39, 0.29) is 30.0 Å². The lowest BCUT2D eigenvalue weighted by atomic mass is 9.89. The highest BCUT2D eigenvalue weighted by atomic mass is 16.5. The van der Waals surface area contributed by atoms with Gasteiger partial charge in [0.2, 0.25) is 0 Å². The van der Waals surface area contributed by atoms with Crippen LogP contribution in [0.25, 0.3) is 0 Å². The zero-order valence-electron chi connectivity index (χ0n) is 20.0. The maximum absolute atomic E-state index is 12.1. The second-order valence-corrected chi connectivity index (χ2v) is 10.2. The molecule has 0 aromatic heterocycles. The summed E-state index contributed by atoms with van der Waals surface area (Å²) in [7, 11) is 0. The Morgan fingerprint density at radius 2 is 2.03 bits per heavy atom. The van der Waals surface area contributed by atoms with Gasteiger partial charge in [0.05, 0.1) is 12.2 Å². The van der Waals surface area contributed by atoms with Crippen LogP contribution in [-0.2, 0) is 9.53 Å². The number of ether oxygens (including phenoxy) is 1. The summed E-state index contributed by atoms with van der Waals surface area (Å²) in [6.45, 7) is 3.83. The molecule has 0 saturated heterocycles. The third-order valence-corrected chi connectivity index (χ3v) is 7.69. The number of aliphatic hydroxyl groups is 2. The molecule has 0 radical (unpaired) electrons. The van der Waals surface area contributed by atoms with E-state index < -0.39 is 6.10 Å². The average Bonchev–Trinajstić information content (AvgIpc) is 3.30. The van der Waals surface area contributed by atoms with Crippen molar-refractivity contribution in [3.63, 3.8) is 0 Å². The van der Waals surface area contributed by atoms with Crippen molar-refractivity contribution in [2.24, 2.45) is 23.7 Å². The minimum atomic E-state index is -0.521. The van der Waals surface area contributed by atoms with E-state index >= 15 is 0 Å². The Labute approximate surface area is 194 Å². The maximum atomic E-state index is 12.1. The molecule has 32 heavy (non-hydrogen) atoms. The topological polar surface area (TPSA) is 66.8 Å². The van der Waals surface area contributed by atoms with Crippen LogP contribution in [0.15, 0.2) is 23.8 Å². The van der Waals surface area contributed by atoms with Gasteiger partial charge in [-0.3, -0.25) is 4.79 Å². The number of aliphatic hydroxyl groups excluding tert-OH is 2. The van der Waals surface area contributed by atoms with Crippen LogP contribution in [0.5, 0.6) is 0 Å². The molecule has 0 aromatic rings. The van der Waals surface area contributed by atoms with Crippen LogP contribution in [0.1, 0.15) is 90.9 Å². The summed E-state index contributed by atoms with van der Waals surface area (Å²) in [5.41, 5.74) is 1.47. The highest BCUT2D eigenvalue weighted by molar-refractivity contribution is 5.69. The van der Waals surface area contributed by atoms with E-state index in [2.05, 4.69) is 24.0 Å². The Morgan fingerprint density at radius 3 is 2.78 bits per heavy atom. The number of fused-ring (bicyclic) bond motifs is 1. The molecule has 3 aliphatic carbocycles. The Kier molecular flexibility index (Phi) is 9.88. The maximum Gasteiger partial charge on any atom is 0.306 e. The lowest BCUT2D eigenvalue weighted by Crippen LogP contribution is -2.20. The van der Waals surface area contributed by atoms with Gasteiger partial charge in [0.1, 0.15) is 6.10 Å². The molecule has 2 N–H and O–H groups in total. The van der Waals surface area contributed by atoms with Gasteiger partial charge in [-0.05, 0) is 82.5 Å². The van der Waals surface area contributed by atoms with E-state index in [0.29, 0.717) is 24.7 Å². The lowest BCUT2D eigenvalue weighted by Gasteiger charge is -2.21. The van der Waals surface area contributed by atoms with E-state index in [4.69, 9.17) is 4.74 Å². The van der Waals surface area contributed by atoms with Crippen molar-refractivity contribution >= 4 is 5.97 Å². The van der Waals surface area contributed by atoms with Crippen molar-refractivity contribution in [3.05, 3.63) is 23.8 Å². The van der Waals surface area contributed by atoms with E-state index in [9.17, 15) is 15.0 Å². The van der Waals surface area contributed by atoms with Crippen LogP contribution in [0, 0.1) is 35.5 Å². The van der Waals surface area contributed by atoms with Crippen LogP contribution in [0.2, 0.25) is 0 Å². The second kappa shape index (κ2) is 12.6. The predicted molar refractivity (Wildman–Crippen MR) is 128 cm³/mol. The molecule has 3 saturated carbocycles. The fourth-order valence-electron chi connectivity index (χ4n) is 5.74. The molecule has 178 valence electrons. The molecule has 0 aromatic carbocycles. The molecule has 1 unspecified atom stereocenters. The Hall–Kier alpha value is -1.57. The third kappa shape index (κ3) is 7.22. The number of hydrogen-bond donors (Lipinski definition) is 2. The number of esters is 1. The SMILES string of the molecule is CC#CCC(C)[C@H](O)/C=C/[C@@H]1[C@H]2C/C(=C\CCCC(=O)OC3CCCCC3)C[C@H]2C[C@H]1O. The van der Waals surface area contributed by atoms with E-state index in [1.54, 1.807) is 0 Å². The molecule has 3 aliphatic rings. The molecule has 6 atom stereocenters. The first-order valence-corrected chi connectivity index (χ1v) is 12.8. The first-order valence-electron chi connectivity index (χ1n) is 12.8. The second-order valence-electron chi connectivity index (χ2n) is 10.2. The first kappa shape index (κ1) is 25.1. The first-order chi connectivity index (χ1) is 15.5. The van der Waals surface area contributed by atoms with Gasteiger partial charge in [0.25, 0.3) is 0 Å². The quantitative estimate of drug-likeness (QED) is 0.219. The predicted octanol–water partition coefficient (Wildman–Crippen LogP) is 5.33. The van der Waals surface area contributed by atoms with Crippen LogP contribution < -0.4 is 0 Å². The molecule has 0 amide bonds. The Bertz CT molecular complexity index is 721. The molecule has 3 fully saturated rings. The van der Waals surface area contributed by atoms with Crippen LogP contribution in [-0.4, -0.2) is 34.5 Å². The van der Waals surface area contributed by atoms with Crippen LogP contribution in [0.3, 0.4) is 0 Å². The lowest BCUT2D eigenvalue weighted by molar-refractivity contribution is -0.150. The van der Waals surface area contributed by atoms with Gasteiger partial charge < -0.3 is 14.9 Å². The van der Waals surface area contributed by atoms with Gasteiger partial charge in [0, 0.05) is 18.8 Å². The van der Waals surface area contributed by atoms with Gasteiger partial charge in [0.15, 0.2) is 0 Å². The third-order valence-electron chi connectivity index (χ3n) is 7.69. The normalized spacial score (nSPS) is 31.3. The minimum absolute atomic E-state index is 0.0374. The summed E-state index contributed by atoms with van der Waals surface area (Å²) in [5, 5.41) is 20.9. The van der Waals surface area contributed by atoms with Crippen LogP contribution >= 0.6 is 0 Å². The monoisotopic (exact) mass is 442 g/mol. The number of carbonyl (C=O) groups excluding carboxylic acids is 1. The van der Waals surface area contributed by atoms with E-state index in [0.717, 1.165) is 44.9 Å². The molecule has 0 heterocycles. The minimum Gasteiger partial charge on any atom is -0.462 e. The summed E-state index contributed by atoms with van der Waals surface area (Å²) < 4.78 is 5.61. The van der Waals surface area contributed by atoms with Crippen molar-refractivity contribution in [2.75, 3.05) is 0 Å². The van der Waals surface area contributed by atoms with Gasteiger partial charge in [-0.15, -0.1) is 11.8 Å². The summed E-state index contributed by atoms with van der Waals surface area (Å²) in [6.07, 6.45) is 17.2. The molecule has 0 aliphatic heterocycles. The van der Waals surface area contributed by atoms with Crippen molar-refractivity contribution in [3.8, 4) is 11.8 Å². The fourth-order valence-corrected chi connectivity index (χ4v) is 5.74. The van der Waals surface area contributed by atoms with Gasteiger partial charge in [-0.1, -0.05) is 37.1 Å². The molecule has 4 heteroatoms. The van der Waals surface area contributed by atoms with Crippen molar-refractivity contribution < 1.29 is 19.7 Å². The number of carbonyl (C=O) groups is 1. The molecule has 4 nitrogen and oxygen atoms in total. The standard InChI is InChI=1S/C28H42O4/c1-3-4-10-20(2)26(29)16-15-24-25-18-21(17-22(25)19-27(24)30)11-8-9-14-28(31)32-23-12-6-5-7-13-23/h11,15-16,20,22-27,29-30H,5-10,12-14,17-19H2,1-2H3/b16-15+,21-11-/t20?,22-,24+,25-,26+,27+/m0/s1. The zero-order chi connectivity index (χ0) is 22.9. The van der Waals surface area contributed by atoms with Gasteiger partial charge in [-0.25, -0.2) is 0 Å². The zero-order valence-corrected chi connectivity index (χ0v) is 20.0. The molecular weight excluding hydrogens is 400 g/mol. The summed E-state index contributed by atoms with van der Waals surface area (Å²) in [5.74, 6) is 7.08. The number of hydrogen-bond acceptors (Lipinski definition) is 4. The highest BCUT2D eigenvalue weighted by Crippen LogP contribution is 2.50. The number of unbranched alkanes of at least 4 members (excludes halogenated alkanes) is 1. The van der Waals surface area contributed by atoms with Crippen molar-refractivity contribution in [1.29, 1.82) is 0 Å². The molecular formula is C28H42O4. The fraction of sp³-hybridized carbons (Fsp3) is 0.750. The highest BCUT2D eigenvalue weighted by Gasteiger charge is 2.45. The summed E-state index contributed by atoms with van der Waals surface area (Å²) in [6, 6.07) is 0. The number of allylic oxidation sites excluding steroid dienone is 2. The Balaban J connectivity index is 1.41. The largest absolute Gasteiger partial charge is 0.462 e. The van der Waals surface area contributed by atoms with Gasteiger partial charge in [-0.2, -0.15) is 0 Å². The number of rotatable bonds is 9. The summed E-state index contributed by atoms with van der Waals surface area (Å²) >= 11 is 0. The van der Waals surface area contributed by atoms with E-state index in [1.165, 1.54) is 24.8 Å². The van der Waals surface area contributed by atoms with Crippen molar-refractivity contribution in [1.82, 2.24) is 0 Å². The molecule has 3 rings (SSSR count). The molecule has 0 bridgehead atoms. The van der Waals surface area contributed by atoms with Crippen LogP contribution in [0.4, 0.5) is 0 Å². The van der Waals surface area contributed by atoms with Crippen molar-refractivity contribution in [2.45, 2.75) is 109 Å². The molecule has 0 spiro atoms. The van der Waals surface area contributed by atoms with E-state index in [1.807, 2.05) is 19.9 Å². The summed E-state index contributed by atoms with van der Waals surface area (Å²) in [4.78, 5) is 12.1. The Morgan fingerprint density at radius 1 is 1.25 bits per heavy atom.